The quantitative estimate of drug-likeness (QED) is 0.658. The molecule has 9 heteroatoms. The monoisotopic (exact) mass is 424 g/mol. The number of para-hydroxylation sites is 1. The van der Waals surface area contributed by atoms with Gasteiger partial charge < -0.3 is 10.1 Å². The largest absolute Gasteiger partial charge is 0.379 e. The lowest BCUT2D eigenvalue weighted by molar-refractivity contribution is 0.0388. The third-order valence-corrected chi connectivity index (χ3v) is 6.45. The summed E-state index contributed by atoms with van der Waals surface area (Å²) in [5, 5.41) is 11.1. The van der Waals surface area contributed by atoms with E-state index in [-0.39, 0.29) is 6.03 Å². The Kier molecular flexibility index (Phi) is 5.48. The highest BCUT2D eigenvalue weighted by Gasteiger charge is 2.26. The van der Waals surface area contributed by atoms with Crippen LogP contribution in [0, 0.1) is 0 Å². The number of carbonyl (C=O) groups is 1. The summed E-state index contributed by atoms with van der Waals surface area (Å²) in [7, 11) is 0. The normalized spacial score (nSPS) is 16.0. The number of aromatic nitrogens is 3. The molecule has 8 nitrogen and oxygen atoms in total. The van der Waals surface area contributed by atoms with Crippen LogP contribution in [-0.2, 0) is 17.6 Å². The number of urea groups is 1. The molecule has 0 saturated carbocycles. The maximum absolute atomic E-state index is 12.3. The van der Waals surface area contributed by atoms with Gasteiger partial charge in [0.15, 0.2) is 5.13 Å². The maximum atomic E-state index is 12.3. The SMILES string of the molecule is O=C(NCCN1CCOCC1)Nc1nc2c(s1)-c1c(cnn1-c1ccccc1)CC2. The summed E-state index contributed by atoms with van der Waals surface area (Å²) < 4.78 is 7.32. The fourth-order valence-electron chi connectivity index (χ4n) is 3.88. The highest BCUT2D eigenvalue weighted by atomic mass is 32.1. The van der Waals surface area contributed by atoms with Gasteiger partial charge >= 0.3 is 6.03 Å². The van der Waals surface area contributed by atoms with E-state index in [4.69, 9.17) is 4.74 Å². The van der Waals surface area contributed by atoms with E-state index in [9.17, 15) is 4.79 Å². The number of thiazole rings is 1. The molecule has 1 aliphatic carbocycles. The molecule has 2 N–H and O–H groups in total. The molecular weight excluding hydrogens is 400 g/mol. The molecule has 0 spiro atoms. The van der Waals surface area contributed by atoms with E-state index >= 15 is 0 Å². The highest BCUT2D eigenvalue weighted by molar-refractivity contribution is 7.19. The van der Waals surface area contributed by atoms with Gasteiger partial charge in [0.05, 0.1) is 41.4 Å². The molecule has 2 aromatic heterocycles. The van der Waals surface area contributed by atoms with Crippen LogP contribution in [0.5, 0.6) is 0 Å². The zero-order valence-electron chi connectivity index (χ0n) is 16.6. The fraction of sp³-hybridized carbons (Fsp3) is 0.381. The van der Waals surface area contributed by atoms with Gasteiger partial charge in [-0.15, -0.1) is 0 Å². The Bertz CT molecular complexity index is 1030. The molecule has 0 atom stereocenters. The molecule has 30 heavy (non-hydrogen) atoms. The Labute approximate surface area is 178 Å². The minimum Gasteiger partial charge on any atom is -0.379 e. The molecule has 0 bridgehead atoms. The summed E-state index contributed by atoms with van der Waals surface area (Å²) in [6.45, 7) is 4.78. The van der Waals surface area contributed by atoms with Gasteiger partial charge in [-0.2, -0.15) is 5.10 Å². The van der Waals surface area contributed by atoms with Crippen LogP contribution in [0.4, 0.5) is 9.93 Å². The van der Waals surface area contributed by atoms with Crippen LogP contribution in [0.3, 0.4) is 0 Å². The lowest BCUT2D eigenvalue weighted by Gasteiger charge is -2.26. The summed E-state index contributed by atoms with van der Waals surface area (Å²) in [4.78, 5) is 20.4. The van der Waals surface area contributed by atoms with Crippen LogP contribution in [0.2, 0.25) is 0 Å². The summed E-state index contributed by atoms with van der Waals surface area (Å²) in [6.07, 6.45) is 3.71. The number of anilines is 1. The third-order valence-electron chi connectivity index (χ3n) is 5.43. The van der Waals surface area contributed by atoms with Crippen molar-refractivity contribution < 1.29 is 9.53 Å². The second-order valence-corrected chi connectivity index (χ2v) is 8.39. The lowest BCUT2D eigenvalue weighted by Crippen LogP contribution is -2.42. The third kappa shape index (κ3) is 3.96. The number of rotatable bonds is 5. The van der Waals surface area contributed by atoms with E-state index in [0.29, 0.717) is 11.7 Å². The number of nitrogens with zero attached hydrogens (tertiary/aromatic N) is 4. The second kappa shape index (κ2) is 8.55. The van der Waals surface area contributed by atoms with Crippen LogP contribution < -0.4 is 10.6 Å². The predicted octanol–water partition coefficient (Wildman–Crippen LogP) is 2.55. The first-order valence-corrected chi connectivity index (χ1v) is 11.1. The first kappa shape index (κ1) is 19.2. The number of carbonyl (C=O) groups excluding carboxylic acids is 1. The molecule has 1 aromatic carbocycles. The molecule has 1 aliphatic heterocycles. The van der Waals surface area contributed by atoms with E-state index in [1.54, 1.807) is 0 Å². The van der Waals surface area contributed by atoms with E-state index in [2.05, 4.69) is 25.6 Å². The predicted molar refractivity (Wildman–Crippen MR) is 116 cm³/mol. The van der Waals surface area contributed by atoms with Crippen molar-refractivity contribution in [1.29, 1.82) is 0 Å². The Morgan fingerprint density at radius 1 is 1.17 bits per heavy atom. The van der Waals surface area contributed by atoms with Gasteiger partial charge in [0.25, 0.3) is 0 Å². The first-order valence-electron chi connectivity index (χ1n) is 10.3. The molecule has 156 valence electrons. The average molecular weight is 425 g/mol. The maximum Gasteiger partial charge on any atom is 0.321 e. The lowest BCUT2D eigenvalue weighted by atomic mass is 10.0. The zero-order valence-corrected chi connectivity index (χ0v) is 17.5. The van der Waals surface area contributed by atoms with Crippen LogP contribution >= 0.6 is 11.3 Å². The number of hydrogen-bond acceptors (Lipinski definition) is 6. The van der Waals surface area contributed by atoms with Crippen molar-refractivity contribution in [2.75, 3.05) is 44.7 Å². The van der Waals surface area contributed by atoms with Gasteiger partial charge in [-0.3, -0.25) is 10.2 Å². The van der Waals surface area contributed by atoms with Gasteiger partial charge in [0.2, 0.25) is 0 Å². The van der Waals surface area contributed by atoms with Crippen molar-refractivity contribution >= 4 is 22.5 Å². The van der Waals surface area contributed by atoms with Gasteiger partial charge in [0.1, 0.15) is 0 Å². The van der Waals surface area contributed by atoms with Gasteiger partial charge in [-0.05, 0) is 30.5 Å². The smallest absolute Gasteiger partial charge is 0.321 e. The van der Waals surface area contributed by atoms with Crippen molar-refractivity contribution in [3.63, 3.8) is 0 Å². The standard InChI is InChI=1S/C21H24N6O2S/c28-20(22-8-9-26-10-12-29-13-11-26)25-21-24-17-7-6-15-14-23-27(18(15)19(17)30-21)16-4-2-1-3-5-16/h1-5,14H,6-13H2,(H2,22,24,25,28). The second-order valence-electron chi connectivity index (χ2n) is 7.40. The van der Waals surface area contributed by atoms with E-state index in [1.807, 2.05) is 41.2 Å². The minimum absolute atomic E-state index is 0.217. The number of hydrogen-bond donors (Lipinski definition) is 2. The Hall–Kier alpha value is -2.75. The van der Waals surface area contributed by atoms with Crippen molar-refractivity contribution in [2.45, 2.75) is 12.8 Å². The topological polar surface area (TPSA) is 84.3 Å². The molecular formula is C21H24N6O2S. The number of aryl methyl sites for hydroxylation is 2. The Morgan fingerprint density at radius 2 is 2.00 bits per heavy atom. The molecule has 0 radical (unpaired) electrons. The van der Waals surface area contributed by atoms with Gasteiger partial charge in [-0.1, -0.05) is 29.5 Å². The Balaban J connectivity index is 1.27. The van der Waals surface area contributed by atoms with Gasteiger partial charge in [0, 0.05) is 26.2 Å². The van der Waals surface area contributed by atoms with E-state index < -0.39 is 0 Å². The molecule has 1 saturated heterocycles. The molecule has 3 heterocycles. The molecule has 2 aliphatic rings. The van der Waals surface area contributed by atoms with Crippen molar-refractivity contribution in [2.24, 2.45) is 0 Å². The zero-order chi connectivity index (χ0) is 20.3. The number of amides is 2. The first-order chi connectivity index (χ1) is 14.8. The van der Waals surface area contributed by atoms with Crippen LogP contribution in [0.15, 0.2) is 36.5 Å². The molecule has 5 rings (SSSR count). The molecule has 2 amide bonds. The van der Waals surface area contributed by atoms with Gasteiger partial charge in [-0.25, -0.2) is 14.5 Å². The Morgan fingerprint density at radius 3 is 2.83 bits per heavy atom. The van der Waals surface area contributed by atoms with Crippen LogP contribution in [0.1, 0.15) is 11.3 Å². The number of ether oxygens (including phenoxy) is 1. The summed E-state index contributed by atoms with van der Waals surface area (Å²) >= 11 is 1.51. The molecule has 0 unspecified atom stereocenters. The van der Waals surface area contributed by atoms with Crippen LogP contribution in [-0.4, -0.2) is 65.1 Å². The van der Waals surface area contributed by atoms with E-state index in [0.717, 1.165) is 67.6 Å². The fourth-order valence-corrected chi connectivity index (χ4v) is 4.95. The van der Waals surface area contributed by atoms with Crippen molar-refractivity contribution in [3.8, 4) is 16.3 Å². The minimum atomic E-state index is -0.217. The number of fused-ring (bicyclic) bond motifs is 3. The van der Waals surface area contributed by atoms with Crippen LogP contribution in [0.25, 0.3) is 16.3 Å². The summed E-state index contributed by atoms with van der Waals surface area (Å²) in [6, 6.07) is 9.89. The number of morpholine rings is 1. The summed E-state index contributed by atoms with van der Waals surface area (Å²) in [5.74, 6) is 0. The molecule has 3 aromatic rings. The number of nitrogens with one attached hydrogen (secondary N) is 2. The van der Waals surface area contributed by atoms with E-state index in [1.165, 1.54) is 16.9 Å². The average Bonchev–Trinajstić information content (AvgIpc) is 3.38. The van der Waals surface area contributed by atoms with Crippen molar-refractivity contribution in [1.82, 2.24) is 25.0 Å². The molecule has 1 fully saturated rings. The van der Waals surface area contributed by atoms with Crippen molar-refractivity contribution in [3.05, 3.63) is 47.8 Å². The summed E-state index contributed by atoms with van der Waals surface area (Å²) in [5.41, 5.74) is 4.35. The number of benzene rings is 1. The highest BCUT2D eigenvalue weighted by Crippen LogP contribution is 2.40.